The normalized spacial score (nSPS) is 14.4. The van der Waals surface area contributed by atoms with Gasteiger partial charge in [0.15, 0.2) is 0 Å². The molecule has 0 aliphatic rings. The summed E-state index contributed by atoms with van der Waals surface area (Å²) in [4.78, 5) is 21.0. The molecule has 0 aliphatic carbocycles. The molecule has 7 N–H and O–H groups in total. The molecule has 0 radical (unpaired) electrons. The molecule has 0 fully saturated rings. The van der Waals surface area contributed by atoms with Gasteiger partial charge in [0.2, 0.25) is 5.95 Å². The van der Waals surface area contributed by atoms with Crippen LogP contribution in [0.15, 0.2) is 11.0 Å². The number of aromatic nitrogens is 3. The number of rotatable bonds is 7. The first-order chi connectivity index (χ1) is 10.0. The van der Waals surface area contributed by atoms with Gasteiger partial charge in [-0.3, -0.25) is 9.78 Å². The number of anilines is 1. The number of fused-ring (bicyclic) bond motifs is 1. The van der Waals surface area contributed by atoms with Crippen LogP contribution in [0, 0.1) is 0 Å². The van der Waals surface area contributed by atoms with Crippen molar-refractivity contribution in [2.45, 2.75) is 18.8 Å². The molecule has 0 saturated carbocycles. The van der Waals surface area contributed by atoms with Gasteiger partial charge in [-0.25, -0.2) is 4.98 Å². The molecular weight excluding hydrogens is 294 g/mol. The van der Waals surface area contributed by atoms with E-state index in [4.69, 9.17) is 5.73 Å². The highest BCUT2D eigenvalue weighted by Gasteiger charge is 2.15. The molecule has 2 aromatic heterocycles. The Labute approximate surface area is 125 Å². The van der Waals surface area contributed by atoms with Crippen molar-refractivity contribution in [3.8, 4) is 0 Å². The van der Waals surface area contributed by atoms with Crippen molar-refractivity contribution in [2.75, 3.05) is 24.3 Å². The third kappa shape index (κ3) is 3.76. The van der Waals surface area contributed by atoms with Crippen LogP contribution in [0.25, 0.3) is 11.0 Å². The molecule has 9 heteroatoms. The summed E-state index contributed by atoms with van der Waals surface area (Å²) in [6, 6.07) is 0. The smallest absolute Gasteiger partial charge is 0.276 e. The molecule has 2 aromatic rings. The minimum atomic E-state index is -0.843. The predicted molar refractivity (Wildman–Crippen MR) is 83.2 cm³/mol. The number of aliphatic hydroxyl groups is 2. The summed E-state index contributed by atoms with van der Waals surface area (Å²) in [5, 5.41) is 22.4. The van der Waals surface area contributed by atoms with Gasteiger partial charge in [0.25, 0.3) is 5.56 Å². The lowest BCUT2D eigenvalue weighted by atomic mass is 10.2. The lowest BCUT2D eigenvalue weighted by Gasteiger charge is -2.17. The van der Waals surface area contributed by atoms with Crippen LogP contribution in [-0.4, -0.2) is 55.9 Å². The van der Waals surface area contributed by atoms with Gasteiger partial charge in [0.05, 0.1) is 12.2 Å². The quantitative estimate of drug-likeness (QED) is 0.385. The third-order valence-corrected chi connectivity index (χ3v) is 3.76. The Bertz CT molecular complexity index is 656. The van der Waals surface area contributed by atoms with E-state index in [9.17, 15) is 15.0 Å². The molecule has 2 rings (SSSR count). The van der Waals surface area contributed by atoms with Crippen LogP contribution in [-0.2, 0) is 6.54 Å². The maximum atomic E-state index is 11.7. The average molecular weight is 313 g/mol. The van der Waals surface area contributed by atoms with Gasteiger partial charge in [-0.15, -0.1) is 0 Å². The van der Waals surface area contributed by atoms with E-state index >= 15 is 0 Å². The summed E-state index contributed by atoms with van der Waals surface area (Å²) in [6.45, 7) is 0.645. The molecule has 0 unspecified atom stereocenters. The molecule has 0 bridgehead atoms. The average Bonchev–Trinajstić information content (AvgIpc) is 2.82. The van der Waals surface area contributed by atoms with Crippen molar-refractivity contribution < 1.29 is 10.2 Å². The highest BCUT2D eigenvalue weighted by atomic mass is 32.2. The lowest BCUT2D eigenvalue weighted by Crippen LogP contribution is -2.37. The summed E-state index contributed by atoms with van der Waals surface area (Å²) in [5.74, 6) is 0.535. The van der Waals surface area contributed by atoms with Crippen molar-refractivity contribution in [3.63, 3.8) is 0 Å². The van der Waals surface area contributed by atoms with E-state index in [0.29, 0.717) is 23.3 Å². The molecule has 0 aromatic carbocycles. The number of aromatic amines is 2. The van der Waals surface area contributed by atoms with E-state index < -0.39 is 12.2 Å². The molecule has 116 valence electrons. The van der Waals surface area contributed by atoms with Crippen molar-refractivity contribution >= 4 is 28.7 Å². The Balaban J connectivity index is 2.00. The molecule has 2 heterocycles. The topological polar surface area (TPSA) is 140 Å². The van der Waals surface area contributed by atoms with Crippen molar-refractivity contribution in [2.24, 2.45) is 0 Å². The molecule has 0 amide bonds. The number of nitrogens with zero attached hydrogens (tertiary/aromatic N) is 1. The Kier molecular flexibility index (Phi) is 5.23. The second-order valence-corrected chi connectivity index (χ2v) is 5.62. The number of H-pyrrole nitrogens is 2. The Morgan fingerprint density at radius 2 is 2.24 bits per heavy atom. The van der Waals surface area contributed by atoms with Crippen molar-refractivity contribution in [1.82, 2.24) is 20.3 Å². The van der Waals surface area contributed by atoms with Crippen LogP contribution in [0.4, 0.5) is 5.95 Å². The minimum Gasteiger partial charge on any atom is -0.390 e. The summed E-state index contributed by atoms with van der Waals surface area (Å²) < 4.78 is 0. The first kappa shape index (κ1) is 15.8. The van der Waals surface area contributed by atoms with Crippen LogP contribution < -0.4 is 16.6 Å². The Hall–Kier alpha value is -1.55. The zero-order valence-electron chi connectivity index (χ0n) is 11.6. The maximum absolute atomic E-state index is 11.7. The highest BCUT2D eigenvalue weighted by molar-refractivity contribution is 7.98. The molecular formula is C12H19N5O3S. The number of nitrogens with two attached hydrogens (primary N) is 1. The van der Waals surface area contributed by atoms with Gasteiger partial charge in [-0.1, -0.05) is 0 Å². The monoisotopic (exact) mass is 313 g/mol. The Morgan fingerprint density at radius 1 is 1.48 bits per heavy atom. The zero-order valence-corrected chi connectivity index (χ0v) is 12.4. The third-order valence-electron chi connectivity index (χ3n) is 3.08. The van der Waals surface area contributed by atoms with Crippen LogP contribution >= 0.6 is 11.8 Å². The van der Waals surface area contributed by atoms with E-state index in [1.165, 1.54) is 11.8 Å². The fourth-order valence-electron chi connectivity index (χ4n) is 1.99. The van der Waals surface area contributed by atoms with Crippen molar-refractivity contribution in [1.29, 1.82) is 0 Å². The van der Waals surface area contributed by atoms with Gasteiger partial charge in [-0.05, 0) is 6.26 Å². The van der Waals surface area contributed by atoms with Crippen molar-refractivity contribution in [3.05, 3.63) is 22.1 Å². The highest BCUT2D eigenvalue weighted by Crippen LogP contribution is 2.12. The summed E-state index contributed by atoms with van der Waals surface area (Å²) >= 11 is 1.47. The van der Waals surface area contributed by atoms with Gasteiger partial charge in [0.1, 0.15) is 11.0 Å². The molecule has 0 aliphatic heterocycles. The van der Waals surface area contributed by atoms with Gasteiger partial charge in [-0.2, -0.15) is 11.8 Å². The molecule has 0 spiro atoms. The minimum absolute atomic E-state index is 0.0591. The second kappa shape index (κ2) is 6.94. The van der Waals surface area contributed by atoms with Gasteiger partial charge >= 0.3 is 0 Å². The van der Waals surface area contributed by atoms with E-state index in [2.05, 4.69) is 20.3 Å². The number of nitrogen functional groups attached to an aromatic ring is 1. The lowest BCUT2D eigenvalue weighted by molar-refractivity contribution is 0.0347. The van der Waals surface area contributed by atoms with E-state index in [1.54, 1.807) is 6.20 Å². The summed E-state index contributed by atoms with van der Waals surface area (Å²) in [7, 11) is 0. The van der Waals surface area contributed by atoms with Crippen LogP contribution in [0.5, 0.6) is 0 Å². The number of hydrogen-bond acceptors (Lipinski definition) is 7. The van der Waals surface area contributed by atoms with Crippen LogP contribution in [0.2, 0.25) is 0 Å². The fraction of sp³-hybridized carbons (Fsp3) is 0.500. The summed E-state index contributed by atoms with van der Waals surface area (Å²) in [5.41, 5.74) is 6.85. The zero-order chi connectivity index (χ0) is 15.4. The molecule has 8 nitrogen and oxygen atoms in total. The largest absolute Gasteiger partial charge is 0.390 e. The van der Waals surface area contributed by atoms with E-state index in [-0.39, 0.29) is 18.1 Å². The molecule has 21 heavy (non-hydrogen) atoms. The SMILES string of the molecule is CSC[C@H](O)[C@@H](O)CNCc1c[nH]c2c(=O)[nH]c(N)nc12. The fourth-order valence-corrected chi connectivity index (χ4v) is 2.56. The number of aliphatic hydroxyl groups excluding tert-OH is 2. The number of thioether (sulfide) groups is 1. The van der Waals surface area contributed by atoms with E-state index in [0.717, 1.165) is 5.56 Å². The van der Waals surface area contributed by atoms with Gasteiger partial charge < -0.3 is 26.2 Å². The first-order valence-electron chi connectivity index (χ1n) is 6.44. The predicted octanol–water partition coefficient (Wildman–Crippen LogP) is -0.992. The molecule has 2 atom stereocenters. The summed E-state index contributed by atoms with van der Waals surface area (Å²) in [6.07, 6.45) is 1.92. The first-order valence-corrected chi connectivity index (χ1v) is 7.84. The maximum Gasteiger partial charge on any atom is 0.276 e. The number of nitrogens with one attached hydrogen (secondary N) is 3. The van der Waals surface area contributed by atoms with Gasteiger partial charge in [0, 0.05) is 30.6 Å². The number of hydrogen-bond donors (Lipinski definition) is 6. The standard InChI is InChI=1S/C12H19N5O3S/c1-21-5-8(19)7(18)4-14-2-6-3-15-10-9(6)16-12(13)17-11(10)20/h3,7-8,14-15,18-19H,2,4-5H2,1H3,(H3,13,16,17,20)/t7-,8-/m0/s1. The Morgan fingerprint density at radius 3 is 2.95 bits per heavy atom. The van der Waals surface area contributed by atoms with Crippen LogP contribution in [0.3, 0.4) is 0 Å². The van der Waals surface area contributed by atoms with Crippen LogP contribution in [0.1, 0.15) is 5.56 Å². The molecule has 0 saturated heterocycles. The second-order valence-electron chi connectivity index (χ2n) is 4.71. The van der Waals surface area contributed by atoms with E-state index in [1.807, 2.05) is 6.26 Å².